The smallest absolute Gasteiger partial charge is 0.144 e. The molecule has 2 heteroatoms. The fourth-order valence-electron chi connectivity index (χ4n) is 3.67. The van der Waals surface area contributed by atoms with Crippen molar-refractivity contribution in [2.75, 3.05) is 0 Å². The number of furan rings is 1. The fourth-order valence-corrected chi connectivity index (χ4v) is 3.67. The molecule has 122 valence electrons. The van der Waals surface area contributed by atoms with Gasteiger partial charge in [-0.3, -0.25) is 0 Å². The molecule has 4 aromatic carbocycles. The number of para-hydroxylation sites is 1. The highest BCUT2D eigenvalue weighted by Gasteiger charge is 2.15. The minimum absolute atomic E-state index is 0.959. The van der Waals surface area contributed by atoms with Crippen LogP contribution in [0.2, 0.25) is 0 Å². The molecule has 0 atom stereocenters. The second kappa shape index (κ2) is 5.92. The zero-order chi connectivity index (χ0) is 17.5. The van der Waals surface area contributed by atoms with Crippen molar-refractivity contribution in [2.24, 2.45) is 0 Å². The summed E-state index contributed by atoms with van der Waals surface area (Å²) in [6, 6.07) is 31.9. The lowest BCUT2D eigenvalue weighted by molar-refractivity contribution is 0.672. The molecule has 0 radical (unpaired) electrons. The topological polar surface area (TPSA) is 13.1 Å². The predicted octanol–water partition coefficient (Wildman–Crippen LogP) is 5.18. The molecule has 0 aliphatic heterocycles. The largest absolute Gasteiger partial charge is 0.456 e. The van der Waals surface area contributed by atoms with Crippen molar-refractivity contribution in [1.82, 2.24) is 0 Å². The standard InChI is InChI=1S/C24H17BO/c25-22-13-7-12-19-21-15-18(16-8-3-1-4-9-16)14-20(23(21)26-24(19)22)17-10-5-2-6-11-17/h1-15H,25H2. The van der Waals surface area contributed by atoms with Crippen LogP contribution in [-0.4, -0.2) is 7.85 Å². The second-order valence-electron chi connectivity index (χ2n) is 6.69. The van der Waals surface area contributed by atoms with Crippen LogP contribution in [0.15, 0.2) is 95.4 Å². The summed E-state index contributed by atoms with van der Waals surface area (Å²) < 4.78 is 6.36. The highest BCUT2D eigenvalue weighted by Crippen LogP contribution is 2.38. The first-order chi connectivity index (χ1) is 12.8. The minimum atomic E-state index is 0.959. The van der Waals surface area contributed by atoms with E-state index in [4.69, 9.17) is 4.42 Å². The first kappa shape index (κ1) is 15.0. The molecule has 1 nitrogen and oxygen atoms in total. The Morgan fingerprint density at radius 3 is 1.96 bits per heavy atom. The summed E-state index contributed by atoms with van der Waals surface area (Å²) in [5.41, 5.74) is 7.84. The van der Waals surface area contributed by atoms with E-state index >= 15 is 0 Å². The quantitative estimate of drug-likeness (QED) is 0.406. The lowest BCUT2D eigenvalue weighted by Gasteiger charge is -2.08. The zero-order valence-corrected chi connectivity index (χ0v) is 14.6. The van der Waals surface area contributed by atoms with E-state index in [1.807, 2.05) is 6.07 Å². The molecule has 0 aliphatic rings. The summed E-state index contributed by atoms with van der Waals surface area (Å²) in [6.45, 7) is 0. The predicted molar refractivity (Wildman–Crippen MR) is 113 cm³/mol. The first-order valence-electron chi connectivity index (χ1n) is 8.88. The Morgan fingerprint density at radius 2 is 1.23 bits per heavy atom. The Labute approximate surface area is 153 Å². The van der Waals surface area contributed by atoms with Crippen LogP contribution in [0.3, 0.4) is 0 Å². The number of rotatable bonds is 2. The number of fused-ring (bicyclic) bond motifs is 3. The fraction of sp³-hybridized carbons (Fsp3) is 0. The normalized spacial score (nSPS) is 11.2. The molecule has 0 aliphatic carbocycles. The van der Waals surface area contributed by atoms with E-state index in [2.05, 4.69) is 92.8 Å². The molecule has 0 spiro atoms. The van der Waals surface area contributed by atoms with Crippen LogP contribution in [0.1, 0.15) is 0 Å². The Balaban J connectivity index is 1.92. The van der Waals surface area contributed by atoms with Crippen LogP contribution in [0.5, 0.6) is 0 Å². The molecule has 5 aromatic rings. The van der Waals surface area contributed by atoms with E-state index in [-0.39, 0.29) is 0 Å². The third kappa shape index (κ3) is 2.34. The minimum Gasteiger partial charge on any atom is -0.456 e. The Kier molecular flexibility index (Phi) is 3.43. The summed E-state index contributed by atoms with van der Waals surface area (Å²) in [4.78, 5) is 0. The van der Waals surface area contributed by atoms with E-state index in [0.717, 1.165) is 16.7 Å². The summed E-state index contributed by atoms with van der Waals surface area (Å²) in [5, 5.41) is 2.35. The van der Waals surface area contributed by atoms with Crippen LogP contribution in [0.4, 0.5) is 0 Å². The lowest BCUT2D eigenvalue weighted by atomic mass is 9.92. The third-order valence-corrected chi connectivity index (χ3v) is 4.99. The Morgan fingerprint density at radius 1 is 0.538 bits per heavy atom. The van der Waals surface area contributed by atoms with Crippen LogP contribution >= 0.6 is 0 Å². The van der Waals surface area contributed by atoms with Crippen LogP contribution in [0.25, 0.3) is 44.2 Å². The molecule has 1 heterocycles. The summed E-state index contributed by atoms with van der Waals surface area (Å²) in [7, 11) is 2.10. The molecular weight excluding hydrogens is 315 g/mol. The molecule has 0 bridgehead atoms. The maximum atomic E-state index is 6.36. The molecule has 26 heavy (non-hydrogen) atoms. The summed E-state index contributed by atoms with van der Waals surface area (Å²) in [5.74, 6) is 0. The molecule has 0 N–H and O–H groups in total. The van der Waals surface area contributed by atoms with Crippen LogP contribution in [-0.2, 0) is 0 Å². The number of hydrogen-bond donors (Lipinski definition) is 0. The van der Waals surface area contributed by atoms with E-state index < -0.39 is 0 Å². The monoisotopic (exact) mass is 332 g/mol. The lowest BCUT2D eigenvalue weighted by Crippen LogP contribution is -2.00. The van der Waals surface area contributed by atoms with Gasteiger partial charge in [-0.1, -0.05) is 78.9 Å². The molecule has 0 saturated carbocycles. The number of benzene rings is 4. The van der Waals surface area contributed by atoms with Gasteiger partial charge in [0.25, 0.3) is 0 Å². The van der Waals surface area contributed by atoms with Crippen molar-refractivity contribution in [2.45, 2.75) is 0 Å². The van der Waals surface area contributed by atoms with Gasteiger partial charge in [-0.05, 0) is 34.3 Å². The van der Waals surface area contributed by atoms with Gasteiger partial charge in [0.15, 0.2) is 0 Å². The van der Waals surface area contributed by atoms with Crippen molar-refractivity contribution in [1.29, 1.82) is 0 Å². The van der Waals surface area contributed by atoms with Crippen molar-refractivity contribution < 1.29 is 4.42 Å². The highest BCUT2D eigenvalue weighted by atomic mass is 16.3. The van der Waals surface area contributed by atoms with Gasteiger partial charge in [0.1, 0.15) is 19.0 Å². The number of hydrogen-bond acceptors (Lipinski definition) is 1. The molecule has 5 rings (SSSR count). The molecule has 0 unspecified atom stereocenters. The van der Waals surface area contributed by atoms with Gasteiger partial charge in [0, 0.05) is 16.3 Å². The van der Waals surface area contributed by atoms with Crippen molar-refractivity contribution in [3.8, 4) is 22.3 Å². The first-order valence-corrected chi connectivity index (χ1v) is 8.88. The molecule has 0 saturated heterocycles. The summed E-state index contributed by atoms with van der Waals surface area (Å²) >= 11 is 0. The molecule has 0 fully saturated rings. The van der Waals surface area contributed by atoms with Crippen LogP contribution < -0.4 is 5.46 Å². The highest BCUT2D eigenvalue weighted by molar-refractivity contribution is 6.39. The van der Waals surface area contributed by atoms with Crippen LogP contribution in [0, 0.1) is 0 Å². The second-order valence-corrected chi connectivity index (χ2v) is 6.69. The zero-order valence-electron chi connectivity index (χ0n) is 14.6. The van der Waals surface area contributed by atoms with E-state index in [1.54, 1.807) is 0 Å². The average Bonchev–Trinajstić information content (AvgIpc) is 3.09. The molecule has 0 amide bonds. The molecule has 1 aromatic heterocycles. The van der Waals surface area contributed by atoms with E-state index in [9.17, 15) is 0 Å². The van der Waals surface area contributed by atoms with Gasteiger partial charge in [0.05, 0.1) is 0 Å². The average molecular weight is 332 g/mol. The SMILES string of the molecule is Bc1cccc2c1oc1c(-c3ccccc3)cc(-c3ccccc3)cc12. The van der Waals surface area contributed by atoms with Crippen molar-refractivity contribution in [3.63, 3.8) is 0 Å². The third-order valence-electron chi connectivity index (χ3n) is 4.99. The van der Waals surface area contributed by atoms with Gasteiger partial charge in [0.2, 0.25) is 0 Å². The maximum Gasteiger partial charge on any atom is 0.144 e. The van der Waals surface area contributed by atoms with Gasteiger partial charge in [-0.15, -0.1) is 0 Å². The molecular formula is C24H17BO. The Bertz CT molecular complexity index is 1220. The van der Waals surface area contributed by atoms with Crippen molar-refractivity contribution >= 4 is 35.2 Å². The van der Waals surface area contributed by atoms with Gasteiger partial charge >= 0.3 is 0 Å². The van der Waals surface area contributed by atoms with Crippen molar-refractivity contribution in [3.05, 3.63) is 91.0 Å². The maximum absolute atomic E-state index is 6.36. The van der Waals surface area contributed by atoms with Gasteiger partial charge in [-0.25, -0.2) is 0 Å². The van der Waals surface area contributed by atoms with E-state index in [0.29, 0.717) is 0 Å². The van der Waals surface area contributed by atoms with Gasteiger partial charge < -0.3 is 4.42 Å². The summed E-state index contributed by atoms with van der Waals surface area (Å²) in [6.07, 6.45) is 0. The van der Waals surface area contributed by atoms with E-state index in [1.165, 1.54) is 32.9 Å². The Hall–Kier alpha value is -3.26. The van der Waals surface area contributed by atoms with Gasteiger partial charge in [-0.2, -0.15) is 0 Å².